The van der Waals surface area contributed by atoms with E-state index in [1.54, 1.807) is 0 Å². The van der Waals surface area contributed by atoms with Gasteiger partial charge < -0.3 is 15.8 Å². The minimum Gasteiger partial charge on any atom is -0.488 e. The van der Waals surface area contributed by atoms with Gasteiger partial charge in [-0.3, -0.25) is 0 Å². The highest BCUT2D eigenvalue weighted by atomic mass is 16.5. The Morgan fingerprint density at radius 2 is 2.05 bits per heavy atom. The van der Waals surface area contributed by atoms with E-state index >= 15 is 0 Å². The fourth-order valence-electron chi connectivity index (χ4n) is 1.70. The number of guanidine groups is 1. The van der Waals surface area contributed by atoms with Crippen LogP contribution in [0.25, 0.3) is 0 Å². The van der Waals surface area contributed by atoms with Crippen LogP contribution in [-0.4, -0.2) is 18.1 Å². The standard InChI is InChI=1S/C16H27N3O/c1-6-9-18-15(17)19-11-13-8-7-12(2)10-14(13)20-16(3,4)5/h7-8,10H,6,9,11H2,1-5H3,(H3,17,18,19). The van der Waals surface area contributed by atoms with Crippen LogP contribution in [0, 0.1) is 6.92 Å². The van der Waals surface area contributed by atoms with E-state index in [9.17, 15) is 0 Å². The molecule has 4 heteroatoms. The molecule has 0 fully saturated rings. The van der Waals surface area contributed by atoms with Gasteiger partial charge in [-0.25, -0.2) is 4.99 Å². The Morgan fingerprint density at radius 1 is 1.35 bits per heavy atom. The molecule has 0 saturated carbocycles. The fourth-order valence-corrected chi connectivity index (χ4v) is 1.70. The topological polar surface area (TPSA) is 59.6 Å². The SMILES string of the molecule is CCCNC(N)=NCc1ccc(C)cc1OC(C)(C)C. The summed E-state index contributed by atoms with van der Waals surface area (Å²) >= 11 is 0. The molecule has 0 bridgehead atoms. The number of nitrogens with zero attached hydrogens (tertiary/aromatic N) is 1. The van der Waals surface area contributed by atoms with Gasteiger partial charge in [0.25, 0.3) is 0 Å². The van der Waals surface area contributed by atoms with Crippen LogP contribution in [0.15, 0.2) is 23.2 Å². The van der Waals surface area contributed by atoms with Gasteiger partial charge in [-0.1, -0.05) is 19.1 Å². The van der Waals surface area contributed by atoms with Gasteiger partial charge in [0.05, 0.1) is 6.54 Å². The number of hydrogen-bond donors (Lipinski definition) is 2. The molecular formula is C16H27N3O. The molecule has 0 atom stereocenters. The zero-order valence-corrected chi connectivity index (χ0v) is 13.3. The molecule has 0 saturated heterocycles. The summed E-state index contributed by atoms with van der Waals surface area (Å²) in [6.45, 7) is 11.6. The van der Waals surface area contributed by atoms with Gasteiger partial charge in [-0.05, 0) is 45.7 Å². The van der Waals surface area contributed by atoms with E-state index in [2.05, 4.69) is 30.2 Å². The molecule has 1 rings (SSSR count). The van der Waals surface area contributed by atoms with Crippen LogP contribution >= 0.6 is 0 Å². The van der Waals surface area contributed by atoms with E-state index in [0.717, 1.165) is 24.3 Å². The van der Waals surface area contributed by atoms with Gasteiger partial charge in [0.2, 0.25) is 0 Å². The zero-order valence-electron chi connectivity index (χ0n) is 13.3. The molecule has 0 spiro atoms. The highest BCUT2D eigenvalue weighted by Crippen LogP contribution is 2.25. The summed E-state index contributed by atoms with van der Waals surface area (Å²) in [4.78, 5) is 4.36. The van der Waals surface area contributed by atoms with Crippen molar-refractivity contribution in [1.29, 1.82) is 0 Å². The Morgan fingerprint density at radius 3 is 2.65 bits per heavy atom. The molecule has 0 amide bonds. The van der Waals surface area contributed by atoms with E-state index in [1.165, 1.54) is 5.56 Å². The molecule has 0 aromatic heterocycles. The lowest BCUT2D eigenvalue weighted by Crippen LogP contribution is -2.32. The number of aryl methyl sites for hydroxylation is 1. The number of benzene rings is 1. The molecule has 1 aromatic rings. The number of nitrogens with one attached hydrogen (secondary N) is 1. The Hall–Kier alpha value is -1.71. The van der Waals surface area contributed by atoms with Crippen molar-refractivity contribution in [3.05, 3.63) is 29.3 Å². The molecular weight excluding hydrogens is 250 g/mol. The number of aliphatic imine (C=N–C) groups is 1. The van der Waals surface area contributed by atoms with Crippen molar-refractivity contribution < 1.29 is 4.74 Å². The van der Waals surface area contributed by atoms with Crippen LogP contribution in [-0.2, 0) is 6.54 Å². The average Bonchev–Trinajstić information content (AvgIpc) is 2.33. The maximum absolute atomic E-state index is 6.00. The average molecular weight is 277 g/mol. The third-order valence-electron chi connectivity index (χ3n) is 2.61. The van der Waals surface area contributed by atoms with E-state index in [-0.39, 0.29) is 5.60 Å². The second kappa shape index (κ2) is 7.17. The van der Waals surface area contributed by atoms with Crippen LogP contribution in [0.3, 0.4) is 0 Å². The van der Waals surface area contributed by atoms with Crippen LogP contribution < -0.4 is 15.8 Å². The third kappa shape index (κ3) is 5.95. The van der Waals surface area contributed by atoms with Crippen molar-refractivity contribution in [3.8, 4) is 5.75 Å². The lowest BCUT2D eigenvalue weighted by atomic mass is 10.1. The van der Waals surface area contributed by atoms with Gasteiger partial charge in [0.1, 0.15) is 11.4 Å². The smallest absolute Gasteiger partial charge is 0.188 e. The largest absolute Gasteiger partial charge is 0.488 e. The summed E-state index contributed by atoms with van der Waals surface area (Å²) in [5.74, 6) is 1.36. The van der Waals surface area contributed by atoms with Crippen LogP contribution in [0.5, 0.6) is 5.75 Å². The first kappa shape index (κ1) is 16.3. The summed E-state index contributed by atoms with van der Waals surface area (Å²) in [6, 6.07) is 6.16. The normalized spacial score (nSPS) is 12.3. The van der Waals surface area contributed by atoms with E-state index in [1.807, 2.05) is 32.9 Å². The van der Waals surface area contributed by atoms with E-state index < -0.39 is 0 Å². The quantitative estimate of drug-likeness (QED) is 0.642. The predicted octanol–water partition coefficient (Wildman–Crippen LogP) is 2.99. The Labute approximate surface area is 122 Å². The van der Waals surface area contributed by atoms with Crippen molar-refractivity contribution >= 4 is 5.96 Å². The number of ether oxygens (including phenoxy) is 1. The maximum atomic E-state index is 6.00. The maximum Gasteiger partial charge on any atom is 0.188 e. The Bertz CT molecular complexity index is 461. The Kier molecular flexibility index (Phi) is 5.86. The predicted molar refractivity (Wildman–Crippen MR) is 85.2 cm³/mol. The first-order chi connectivity index (χ1) is 9.31. The summed E-state index contributed by atoms with van der Waals surface area (Å²) in [5.41, 5.74) is 7.81. The second-order valence-electron chi connectivity index (χ2n) is 5.95. The second-order valence-corrected chi connectivity index (χ2v) is 5.95. The first-order valence-electron chi connectivity index (χ1n) is 7.14. The summed E-state index contributed by atoms with van der Waals surface area (Å²) in [7, 11) is 0. The van der Waals surface area contributed by atoms with E-state index in [0.29, 0.717) is 12.5 Å². The van der Waals surface area contributed by atoms with Crippen molar-refractivity contribution in [2.24, 2.45) is 10.7 Å². The van der Waals surface area contributed by atoms with Crippen LogP contribution in [0.4, 0.5) is 0 Å². The molecule has 20 heavy (non-hydrogen) atoms. The van der Waals surface area contributed by atoms with Crippen LogP contribution in [0.2, 0.25) is 0 Å². The van der Waals surface area contributed by atoms with E-state index in [4.69, 9.17) is 10.5 Å². The van der Waals surface area contributed by atoms with Crippen molar-refractivity contribution in [2.75, 3.05) is 6.54 Å². The molecule has 112 valence electrons. The highest BCUT2D eigenvalue weighted by molar-refractivity contribution is 5.77. The fraction of sp³-hybridized carbons (Fsp3) is 0.562. The van der Waals surface area contributed by atoms with Crippen LogP contribution in [0.1, 0.15) is 45.2 Å². The lowest BCUT2D eigenvalue weighted by molar-refractivity contribution is 0.129. The summed E-state index contributed by atoms with van der Waals surface area (Å²) in [6.07, 6.45) is 1.03. The number of rotatable bonds is 5. The molecule has 0 radical (unpaired) electrons. The molecule has 4 nitrogen and oxygen atoms in total. The van der Waals surface area contributed by atoms with Gasteiger partial charge >= 0.3 is 0 Å². The molecule has 0 unspecified atom stereocenters. The van der Waals surface area contributed by atoms with Crippen molar-refractivity contribution in [2.45, 2.75) is 53.2 Å². The highest BCUT2D eigenvalue weighted by Gasteiger charge is 2.14. The van der Waals surface area contributed by atoms with Gasteiger partial charge in [0, 0.05) is 12.1 Å². The zero-order chi connectivity index (χ0) is 15.2. The summed E-state index contributed by atoms with van der Waals surface area (Å²) < 4.78 is 6.00. The minimum atomic E-state index is -0.224. The number of hydrogen-bond acceptors (Lipinski definition) is 2. The molecule has 0 heterocycles. The van der Waals surface area contributed by atoms with Crippen molar-refractivity contribution in [1.82, 2.24) is 5.32 Å². The molecule has 3 N–H and O–H groups in total. The molecule has 1 aromatic carbocycles. The molecule has 0 aliphatic carbocycles. The minimum absolute atomic E-state index is 0.224. The monoisotopic (exact) mass is 277 g/mol. The number of nitrogens with two attached hydrogens (primary N) is 1. The van der Waals surface area contributed by atoms with Gasteiger partial charge in [0.15, 0.2) is 5.96 Å². The molecule has 0 aliphatic rings. The molecule has 0 aliphatic heterocycles. The first-order valence-corrected chi connectivity index (χ1v) is 7.14. The third-order valence-corrected chi connectivity index (χ3v) is 2.61. The van der Waals surface area contributed by atoms with Crippen molar-refractivity contribution in [3.63, 3.8) is 0 Å². The Balaban J connectivity index is 2.83. The van der Waals surface area contributed by atoms with Gasteiger partial charge in [-0.15, -0.1) is 0 Å². The summed E-state index contributed by atoms with van der Waals surface area (Å²) in [5, 5.41) is 3.07. The lowest BCUT2D eigenvalue weighted by Gasteiger charge is -2.23. The van der Waals surface area contributed by atoms with Gasteiger partial charge in [-0.2, -0.15) is 0 Å².